The van der Waals surface area contributed by atoms with Gasteiger partial charge >= 0.3 is 5.97 Å². The predicted molar refractivity (Wildman–Crippen MR) is 75.9 cm³/mol. The summed E-state index contributed by atoms with van der Waals surface area (Å²) in [6, 6.07) is 6.75. The summed E-state index contributed by atoms with van der Waals surface area (Å²) in [5, 5.41) is 11.3. The Morgan fingerprint density at radius 2 is 2.00 bits per heavy atom. The molecule has 2 N–H and O–H groups in total. The summed E-state index contributed by atoms with van der Waals surface area (Å²) in [7, 11) is 1.20. The summed E-state index contributed by atoms with van der Waals surface area (Å²) in [5.41, 5.74) is 2.11. The van der Waals surface area contributed by atoms with E-state index in [-0.39, 0.29) is 0 Å². The van der Waals surface area contributed by atoms with Crippen LogP contribution in [0, 0.1) is 0 Å². The molecule has 0 bridgehead atoms. The number of aryl methyl sites for hydroxylation is 1. The Bertz CT molecular complexity index is 479. The first-order chi connectivity index (χ1) is 9.60. The lowest BCUT2D eigenvalue weighted by molar-refractivity contribution is -0.145. The van der Waals surface area contributed by atoms with E-state index in [2.05, 4.69) is 17.0 Å². The second-order valence-electron chi connectivity index (χ2n) is 4.20. The Balaban J connectivity index is 2.60. The number of nitrogens with one attached hydrogen (secondary N) is 1. The number of carbonyl (C=O) groups is 2. The fourth-order valence-corrected chi connectivity index (χ4v) is 1.58. The average Bonchev–Trinajstić information content (AvgIpc) is 2.50. The van der Waals surface area contributed by atoms with E-state index >= 15 is 0 Å². The van der Waals surface area contributed by atoms with Crippen LogP contribution in [0.5, 0.6) is 0 Å². The molecule has 1 unspecified atom stereocenters. The van der Waals surface area contributed by atoms with Crippen LogP contribution in [0.15, 0.2) is 30.3 Å². The number of aliphatic hydroxyl groups is 1. The molecule has 1 rings (SSSR count). The average molecular weight is 277 g/mol. The van der Waals surface area contributed by atoms with Gasteiger partial charge in [-0.05, 0) is 23.6 Å². The zero-order valence-electron chi connectivity index (χ0n) is 11.6. The fraction of sp³-hybridized carbons (Fsp3) is 0.333. The summed E-state index contributed by atoms with van der Waals surface area (Å²) in [4.78, 5) is 22.8. The molecular weight excluding hydrogens is 258 g/mol. The first kappa shape index (κ1) is 15.9. The SMILES string of the molecule is CCc1ccc(/C=C/C(=O)NC(CO)C(=O)OC)cc1. The number of esters is 1. The van der Waals surface area contributed by atoms with Gasteiger partial charge < -0.3 is 15.2 Å². The van der Waals surface area contributed by atoms with E-state index in [1.54, 1.807) is 6.08 Å². The number of hydrogen-bond acceptors (Lipinski definition) is 4. The number of methoxy groups -OCH3 is 1. The number of ether oxygens (including phenoxy) is 1. The van der Waals surface area contributed by atoms with Crippen molar-refractivity contribution in [2.24, 2.45) is 0 Å². The normalized spacial score (nSPS) is 12.2. The number of carbonyl (C=O) groups excluding carboxylic acids is 2. The third kappa shape index (κ3) is 4.85. The molecule has 20 heavy (non-hydrogen) atoms. The Morgan fingerprint density at radius 1 is 1.35 bits per heavy atom. The minimum atomic E-state index is -1.04. The van der Waals surface area contributed by atoms with Crippen LogP contribution >= 0.6 is 0 Å². The summed E-state index contributed by atoms with van der Waals surface area (Å²) in [6.45, 7) is 1.57. The predicted octanol–water partition coefficient (Wildman–Crippen LogP) is 0.912. The Morgan fingerprint density at radius 3 is 2.50 bits per heavy atom. The lowest BCUT2D eigenvalue weighted by atomic mass is 10.1. The zero-order chi connectivity index (χ0) is 15.0. The van der Waals surface area contributed by atoms with Crippen molar-refractivity contribution >= 4 is 18.0 Å². The third-order valence-electron chi connectivity index (χ3n) is 2.80. The first-order valence-electron chi connectivity index (χ1n) is 6.37. The number of rotatable bonds is 6. The lowest BCUT2D eigenvalue weighted by Crippen LogP contribution is -2.43. The van der Waals surface area contributed by atoms with Crippen molar-refractivity contribution in [2.45, 2.75) is 19.4 Å². The van der Waals surface area contributed by atoms with Gasteiger partial charge in [0.15, 0.2) is 6.04 Å². The number of hydrogen-bond donors (Lipinski definition) is 2. The lowest BCUT2D eigenvalue weighted by Gasteiger charge is -2.11. The molecular formula is C15H19NO4. The number of aliphatic hydroxyl groups excluding tert-OH is 1. The van der Waals surface area contributed by atoms with Crippen molar-refractivity contribution in [2.75, 3.05) is 13.7 Å². The molecule has 0 aliphatic carbocycles. The van der Waals surface area contributed by atoms with Crippen LogP contribution in [0.1, 0.15) is 18.1 Å². The molecule has 1 aromatic rings. The topological polar surface area (TPSA) is 75.6 Å². The van der Waals surface area contributed by atoms with E-state index in [0.29, 0.717) is 0 Å². The van der Waals surface area contributed by atoms with Crippen molar-refractivity contribution in [1.29, 1.82) is 0 Å². The highest BCUT2D eigenvalue weighted by molar-refractivity contribution is 5.94. The van der Waals surface area contributed by atoms with Gasteiger partial charge in [0.25, 0.3) is 0 Å². The number of benzene rings is 1. The molecule has 0 heterocycles. The van der Waals surface area contributed by atoms with Crippen LogP contribution in [0.4, 0.5) is 0 Å². The van der Waals surface area contributed by atoms with Crippen molar-refractivity contribution in [3.05, 3.63) is 41.5 Å². The van der Waals surface area contributed by atoms with Crippen LogP contribution in [-0.4, -0.2) is 36.7 Å². The molecule has 1 aromatic carbocycles. The molecule has 5 nitrogen and oxygen atoms in total. The molecule has 1 atom stereocenters. The summed E-state index contributed by atoms with van der Waals surface area (Å²) < 4.78 is 4.45. The van der Waals surface area contributed by atoms with E-state index in [0.717, 1.165) is 12.0 Å². The number of amides is 1. The highest BCUT2D eigenvalue weighted by atomic mass is 16.5. The quantitative estimate of drug-likeness (QED) is 0.598. The van der Waals surface area contributed by atoms with Crippen molar-refractivity contribution in [3.63, 3.8) is 0 Å². The Hall–Kier alpha value is -2.14. The minimum Gasteiger partial charge on any atom is -0.467 e. The van der Waals surface area contributed by atoms with E-state index < -0.39 is 24.5 Å². The van der Waals surface area contributed by atoms with Crippen LogP contribution in [-0.2, 0) is 20.7 Å². The summed E-state index contributed by atoms with van der Waals surface area (Å²) in [6.07, 6.45) is 3.91. The molecule has 0 aromatic heterocycles. The molecule has 0 aliphatic rings. The molecule has 0 radical (unpaired) electrons. The maximum absolute atomic E-state index is 11.6. The molecule has 0 aliphatic heterocycles. The maximum Gasteiger partial charge on any atom is 0.330 e. The fourth-order valence-electron chi connectivity index (χ4n) is 1.58. The second kappa shape index (κ2) is 8.12. The molecule has 108 valence electrons. The van der Waals surface area contributed by atoms with Crippen LogP contribution in [0.2, 0.25) is 0 Å². The van der Waals surface area contributed by atoms with Gasteiger partial charge in [-0.1, -0.05) is 31.2 Å². The second-order valence-corrected chi connectivity index (χ2v) is 4.20. The molecule has 0 saturated heterocycles. The van der Waals surface area contributed by atoms with Crippen LogP contribution < -0.4 is 5.32 Å². The monoisotopic (exact) mass is 277 g/mol. The zero-order valence-corrected chi connectivity index (χ0v) is 11.6. The van der Waals surface area contributed by atoms with Crippen LogP contribution in [0.25, 0.3) is 6.08 Å². The molecule has 1 amide bonds. The molecule has 5 heteroatoms. The van der Waals surface area contributed by atoms with Crippen molar-refractivity contribution in [1.82, 2.24) is 5.32 Å². The van der Waals surface area contributed by atoms with Gasteiger partial charge in [0, 0.05) is 6.08 Å². The van der Waals surface area contributed by atoms with Crippen molar-refractivity contribution in [3.8, 4) is 0 Å². The minimum absolute atomic E-state index is 0.464. The van der Waals surface area contributed by atoms with Gasteiger partial charge in [0.1, 0.15) is 0 Å². The van der Waals surface area contributed by atoms with Gasteiger partial charge in [-0.25, -0.2) is 4.79 Å². The standard InChI is InChI=1S/C15H19NO4/c1-3-11-4-6-12(7-5-11)8-9-14(18)16-13(10-17)15(19)20-2/h4-9,13,17H,3,10H2,1-2H3,(H,16,18)/b9-8+. The van der Waals surface area contributed by atoms with E-state index in [9.17, 15) is 9.59 Å². The third-order valence-corrected chi connectivity index (χ3v) is 2.80. The van der Waals surface area contributed by atoms with E-state index in [1.807, 2.05) is 24.3 Å². The molecule has 0 fully saturated rings. The largest absolute Gasteiger partial charge is 0.467 e. The first-order valence-corrected chi connectivity index (χ1v) is 6.37. The highest BCUT2D eigenvalue weighted by Gasteiger charge is 2.18. The van der Waals surface area contributed by atoms with E-state index in [4.69, 9.17) is 5.11 Å². The molecule has 0 spiro atoms. The van der Waals surface area contributed by atoms with Crippen molar-refractivity contribution < 1.29 is 19.4 Å². The van der Waals surface area contributed by atoms with Gasteiger partial charge in [0.2, 0.25) is 5.91 Å². The van der Waals surface area contributed by atoms with Gasteiger partial charge in [-0.3, -0.25) is 4.79 Å². The highest BCUT2D eigenvalue weighted by Crippen LogP contribution is 2.06. The Labute approximate surface area is 118 Å². The maximum atomic E-state index is 11.6. The summed E-state index contributed by atoms with van der Waals surface area (Å²) >= 11 is 0. The smallest absolute Gasteiger partial charge is 0.330 e. The Kier molecular flexibility index (Phi) is 6.46. The van der Waals surface area contributed by atoms with Gasteiger partial charge in [-0.2, -0.15) is 0 Å². The van der Waals surface area contributed by atoms with Gasteiger partial charge in [-0.15, -0.1) is 0 Å². The van der Waals surface area contributed by atoms with Gasteiger partial charge in [0.05, 0.1) is 13.7 Å². The van der Waals surface area contributed by atoms with E-state index in [1.165, 1.54) is 18.7 Å². The molecule has 0 saturated carbocycles. The summed E-state index contributed by atoms with van der Waals surface area (Å²) in [5.74, 6) is -1.14. The van der Waals surface area contributed by atoms with Crippen LogP contribution in [0.3, 0.4) is 0 Å².